The molecule has 124 valence electrons. The highest BCUT2D eigenvalue weighted by Gasteiger charge is 2.52. The molecule has 1 saturated carbocycles. The number of benzene rings is 1. The van der Waals surface area contributed by atoms with Gasteiger partial charge in [0.1, 0.15) is 0 Å². The van der Waals surface area contributed by atoms with Crippen molar-refractivity contribution >= 4 is 29.7 Å². The van der Waals surface area contributed by atoms with Gasteiger partial charge in [0, 0.05) is 24.0 Å². The van der Waals surface area contributed by atoms with Gasteiger partial charge in [0.2, 0.25) is 0 Å². The van der Waals surface area contributed by atoms with E-state index in [0.717, 1.165) is 12.1 Å². The standard InChI is InChI=1S/C18H22ClN3.ClH/c1-22(14-19)18(9-10-18)17(12-15-6-3-2-4-7-15)21-16-8-5-11-20-13-16;/h2-8,11,13,17,21H,9-10,12,14H2,1H3;1H. The maximum Gasteiger partial charge on any atom is 0.0741 e. The molecule has 0 aliphatic heterocycles. The molecule has 23 heavy (non-hydrogen) atoms. The molecule has 1 aromatic heterocycles. The third-order valence-corrected chi connectivity index (χ3v) is 4.99. The fourth-order valence-electron chi connectivity index (χ4n) is 3.12. The molecule has 1 fully saturated rings. The minimum absolute atomic E-state index is 0. The van der Waals surface area contributed by atoms with Crippen molar-refractivity contribution in [2.75, 3.05) is 18.4 Å². The zero-order valence-corrected chi connectivity index (χ0v) is 14.9. The Hall–Kier alpha value is -1.29. The second-order valence-corrected chi connectivity index (χ2v) is 6.29. The highest BCUT2D eigenvalue weighted by molar-refractivity contribution is 6.17. The summed E-state index contributed by atoms with van der Waals surface area (Å²) in [5.74, 6) is 0. The highest BCUT2D eigenvalue weighted by Crippen LogP contribution is 2.46. The predicted molar refractivity (Wildman–Crippen MR) is 99.5 cm³/mol. The Bertz CT molecular complexity index is 546. The Kier molecular flexibility index (Phi) is 6.28. The second-order valence-electron chi connectivity index (χ2n) is 6.05. The van der Waals surface area contributed by atoms with Crippen LogP contribution in [0, 0.1) is 0 Å². The number of rotatable bonds is 7. The van der Waals surface area contributed by atoms with Crippen LogP contribution in [0.4, 0.5) is 5.69 Å². The van der Waals surface area contributed by atoms with Crippen LogP contribution in [0.2, 0.25) is 0 Å². The van der Waals surface area contributed by atoms with Gasteiger partial charge in [-0.3, -0.25) is 9.88 Å². The van der Waals surface area contributed by atoms with Gasteiger partial charge in [-0.05, 0) is 44.0 Å². The summed E-state index contributed by atoms with van der Waals surface area (Å²) in [5, 5.41) is 3.68. The molecule has 0 bridgehead atoms. The minimum atomic E-state index is 0. The fourth-order valence-corrected chi connectivity index (χ4v) is 3.36. The van der Waals surface area contributed by atoms with Crippen LogP contribution in [0.5, 0.6) is 0 Å². The number of nitrogens with one attached hydrogen (secondary N) is 1. The SMILES string of the molecule is CN(CCl)C1(C(Cc2ccccc2)Nc2cccnc2)CC1.Cl. The van der Waals surface area contributed by atoms with Crippen LogP contribution < -0.4 is 5.32 Å². The average molecular weight is 352 g/mol. The van der Waals surface area contributed by atoms with Crippen molar-refractivity contribution in [3.05, 3.63) is 60.4 Å². The van der Waals surface area contributed by atoms with Crippen molar-refractivity contribution < 1.29 is 0 Å². The van der Waals surface area contributed by atoms with Gasteiger partial charge in [0.25, 0.3) is 0 Å². The molecule has 1 aliphatic carbocycles. The summed E-state index contributed by atoms with van der Waals surface area (Å²) >= 11 is 6.11. The largest absolute Gasteiger partial charge is 0.379 e. The lowest BCUT2D eigenvalue weighted by molar-refractivity contribution is 0.226. The lowest BCUT2D eigenvalue weighted by Gasteiger charge is -2.35. The summed E-state index contributed by atoms with van der Waals surface area (Å²) in [5.41, 5.74) is 2.56. The molecule has 0 radical (unpaired) electrons. The van der Waals surface area contributed by atoms with Crippen molar-refractivity contribution in [1.82, 2.24) is 9.88 Å². The molecular weight excluding hydrogens is 329 g/mol. The quantitative estimate of drug-likeness (QED) is 0.598. The van der Waals surface area contributed by atoms with E-state index in [2.05, 4.69) is 58.6 Å². The van der Waals surface area contributed by atoms with Crippen LogP contribution >= 0.6 is 24.0 Å². The van der Waals surface area contributed by atoms with E-state index in [4.69, 9.17) is 11.6 Å². The number of nitrogens with zero attached hydrogens (tertiary/aromatic N) is 2. The molecule has 0 amide bonds. The van der Waals surface area contributed by atoms with Crippen molar-refractivity contribution in [1.29, 1.82) is 0 Å². The average Bonchev–Trinajstić information content (AvgIpc) is 3.37. The van der Waals surface area contributed by atoms with Crippen LogP contribution in [0.15, 0.2) is 54.9 Å². The van der Waals surface area contributed by atoms with Crippen molar-refractivity contribution in [3.63, 3.8) is 0 Å². The van der Waals surface area contributed by atoms with Crippen LogP contribution in [0.25, 0.3) is 0 Å². The molecule has 0 saturated heterocycles. The van der Waals surface area contributed by atoms with E-state index in [1.54, 1.807) is 6.20 Å². The molecule has 1 unspecified atom stereocenters. The summed E-state index contributed by atoms with van der Waals surface area (Å²) in [4.78, 5) is 6.48. The van der Waals surface area contributed by atoms with Gasteiger partial charge in [-0.1, -0.05) is 30.3 Å². The summed E-state index contributed by atoms with van der Waals surface area (Å²) in [6.45, 7) is 0. The number of likely N-dealkylation sites (N-methyl/N-ethyl adjacent to an activating group) is 1. The number of pyridine rings is 1. The van der Waals surface area contributed by atoms with Crippen LogP contribution in [-0.4, -0.2) is 34.5 Å². The lowest BCUT2D eigenvalue weighted by Crippen LogP contribution is -2.48. The number of anilines is 1. The van der Waals surface area contributed by atoms with Gasteiger partial charge in [-0.25, -0.2) is 0 Å². The van der Waals surface area contributed by atoms with E-state index in [1.807, 2.05) is 12.3 Å². The minimum Gasteiger partial charge on any atom is -0.379 e. The molecular formula is C18H23Cl2N3. The maximum atomic E-state index is 6.11. The first-order chi connectivity index (χ1) is 10.7. The van der Waals surface area contributed by atoms with Crippen molar-refractivity contribution in [2.45, 2.75) is 30.8 Å². The zero-order valence-electron chi connectivity index (χ0n) is 13.3. The van der Waals surface area contributed by atoms with Gasteiger partial charge in [0.15, 0.2) is 0 Å². The van der Waals surface area contributed by atoms with E-state index in [-0.39, 0.29) is 17.9 Å². The summed E-state index contributed by atoms with van der Waals surface area (Å²) in [7, 11) is 2.11. The smallest absolute Gasteiger partial charge is 0.0741 e. The van der Waals surface area contributed by atoms with Crippen LogP contribution in [0.3, 0.4) is 0 Å². The van der Waals surface area contributed by atoms with Gasteiger partial charge >= 0.3 is 0 Å². The molecule has 3 nitrogen and oxygen atoms in total. The normalized spacial score (nSPS) is 16.5. The van der Waals surface area contributed by atoms with E-state index >= 15 is 0 Å². The number of hydrogen-bond acceptors (Lipinski definition) is 3. The van der Waals surface area contributed by atoms with Crippen molar-refractivity contribution in [3.8, 4) is 0 Å². The molecule has 1 aromatic carbocycles. The first-order valence-electron chi connectivity index (χ1n) is 7.72. The number of halogens is 2. The Balaban J connectivity index is 0.00000192. The number of hydrogen-bond donors (Lipinski definition) is 1. The third kappa shape index (κ3) is 4.17. The molecule has 5 heteroatoms. The molecule has 3 rings (SSSR count). The van der Waals surface area contributed by atoms with E-state index in [1.165, 1.54) is 18.4 Å². The summed E-state index contributed by atoms with van der Waals surface area (Å²) in [6, 6.07) is 15.5. The van der Waals surface area contributed by atoms with Gasteiger partial charge in [-0.15, -0.1) is 24.0 Å². The molecule has 1 atom stereocenters. The summed E-state index contributed by atoms with van der Waals surface area (Å²) in [6.07, 6.45) is 7.03. The van der Waals surface area contributed by atoms with E-state index in [9.17, 15) is 0 Å². The Labute approximate surface area is 149 Å². The second kappa shape index (κ2) is 8.00. The zero-order chi connectivity index (χ0) is 15.4. The molecule has 2 aromatic rings. The summed E-state index contributed by atoms with van der Waals surface area (Å²) < 4.78 is 0. The van der Waals surface area contributed by atoms with E-state index in [0.29, 0.717) is 12.0 Å². The molecule has 0 spiro atoms. The fraction of sp³-hybridized carbons (Fsp3) is 0.389. The van der Waals surface area contributed by atoms with Gasteiger partial charge in [0.05, 0.1) is 11.7 Å². The number of alkyl halides is 1. The monoisotopic (exact) mass is 351 g/mol. The Morgan fingerprint density at radius 1 is 1.22 bits per heavy atom. The maximum absolute atomic E-state index is 6.11. The van der Waals surface area contributed by atoms with E-state index < -0.39 is 0 Å². The van der Waals surface area contributed by atoms with Crippen LogP contribution in [-0.2, 0) is 6.42 Å². The Morgan fingerprint density at radius 2 is 1.96 bits per heavy atom. The predicted octanol–water partition coefficient (Wildman–Crippen LogP) is 4.19. The topological polar surface area (TPSA) is 28.2 Å². The number of aromatic nitrogens is 1. The van der Waals surface area contributed by atoms with Crippen molar-refractivity contribution in [2.24, 2.45) is 0 Å². The first-order valence-corrected chi connectivity index (χ1v) is 8.26. The Morgan fingerprint density at radius 3 is 2.52 bits per heavy atom. The highest BCUT2D eigenvalue weighted by atomic mass is 35.5. The molecule has 1 N–H and O–H groups in total. The van der Waals surface area contributed by atoms with Gasteiger partial charge in [-0.2, -0.15) is 0 Å². The lowest BCUT2D eigenvalue weighted by atomic mass is 9.96. The van der Waals surface area contributed by atoms with Crippen LogP contribution in [0.1, 0.15) is 18.4 Å². The first kappa shape index (κ1) is 18.1. The molecule has 1 aliphatic rings. The molecule has 1 heterocycles. The third-order valence-electron chi connectivity index (χ3n) is 4.64. The van der Waals surface area contributed by atoms with Gasteiger partial charge < -0.3 is 5.32 Å².